The van der Waals surface area contributed by atoms with Crippen LogP contribution in [0.25, 0.3) is 10.9 Å². The molecule has 0 radical (unpaired) electrons. The molecule has 0 saturated carbocycles. The molecule has 0 aliphatic carbocycles. The Labute approximate surface area is 133 Å². The zero-order chi connectivity index (χ0) is 15.7. The lowest BCUT2D eigenvalue weighted by molar-refractivity contribution is -0.133. The SMILES string of the molecule is C[C@H]1CCCN(C(=O)Cn2cnc3ccc(Cl)cc3c2=O)C1. The van der Waals surface area contributed by atoms with Gasteiger partial charge in [0, 0.05) is 18.1 Å². The van der Waals surface area contributed by atoms with Gasteiger partial charge in [0.25, 0.3) is 5.56 Å². The van der Waals surface area contributed by atoms with Crippen LogP contribution in [0.15, 0.2) is 29.3 Å². The van der Waals surface area contributed by atoms with Crippen LogP contribution in [-0.4, -0.2) is 33.4 Å². The number of amides is 1. The van der Waals surface area contributed by atoms with Crippen LogP contribution in [0.4, 0.5) is 0 Å². The quantitative estimate of drug-likeness (QED) is 0.853. The van der Waals surface area contributed by atoms with E-state index >= 15 is 0 Å². The molecule has 0 N–H and O–H groups in total. The smallest absolute Gasteiger partial charge is 0.261 e. The number of likely N-dealkylation sites (tertiary alicyclic amines) is 1. The van der Waals surface area contributed by atoms with Gasteiger partial charge in [-0.15, -0.1) is 0 Å². The van der Waals surface area contributed by atoms with Gasteiger partial charge in [-0.3, -0.25) is 14.2 Å². The van der Waals surface area contributed by atoms with Crippen molar-refractivity contribution in [3.63, 3.8) is 0 Å². The van der Waals surface area contributed by atoms with Crippen molar-refractivity contribution >= 4 is 28.4 Å². The topological polar surface area (TPSA) is 55.2 Å². The molecular formula is C16H18ClN3O2. The van der Waals surface area contributed by atoms with Crippen LogP contribution in [0, 0.1) is 5.92 Å². The van der Waals surface area contributed by atoms with E-state index in [1.807, 2.05) is 4.90 Å². The number of carbonyl (C=O) groups excluding carboxylic acids is 1. The van der Waals surface area contributed by atoms with Gasteiger partial charge in [-0.2, -0.15) is 0 Å². The molecule has 22 heavy (non-hydrogen) atoms. The number of hydrogen-bond donors (Lipinski definition) is 0. The second-order valence-electron chi connectivity index (χ2n) is 5.93. The molecule has 2 aromatic rings. The highest BCUT2D eigenvalue weighted by Crippen LogP contribution is 2.16. The summed E-state index contributed by atoms with van der Waals surface area (Å²) in [7, 11) is 0. The third-order valence-corrected chi connectivity index (χ3v) is 4.34. The van der Waals surface area contributed by atoms with Gasteiger partial charge in [-0.25, -0.2) is 4.98 Å². The fourth-order valence-corrected chi connectivity index (χ4v) is 3.08. The standard InChI is InChI=1S/C16H18ClN3O2/c1-11-3-2-6-19(8-11)15(21)9-20-10-18-14-5-4-12(17)7-13(14)16(20)22/h4-5,7,10-11H,2-3,6,8-9H2,1H3/t11-/m0/s1. The third-order valence-electron chi connectivity index (χ3n) is 4.10. The first-order chi connectivity index (χ1) is 10.5. The summed E-state index contributed by atoms with van der Waals surface area (Å²) in [5, 5.41) is 0.926. The van der Waals surface area contributed by atoms with E-state index in [9.17, 15) is 9.59 Å². The molecule has 5 nitrogen and oxygen atoms in total. The van der Waals surface area contributed by atoms with Gasteiger partial charge in [-0.05, 0) is 37.0 Å². The predicted molar refractivity (Wildman–Crippen MR) is 86.0 cm³/mol. The van der Waals surface area contributed by atoms with Gasteiger partial charge in [0.05, 0.1) is 17.2 Å². The zero-order valence-corrected chi connectivity index (χ0v) is 13.2. The van der Waals surface area contributed by atoms with Crippen molar-refractivity contribution in [2.75, 3.05) is 13.1 Å². The summed E-state index contributed by atoms with van der Waals surface area (Å²) in [5.74, 6) is 0.486. The van der Waals surface area contributed by atoms with E-state index in [1.54, 1.807) is 18.2 Å². The summed E-state index contributed by atoms with van der Waals surface area (Å²) < 4.78 is 1.36. The van der Waals surface area contributed by atoms with Gasteiger partial charge in [0.2, 0.25) is 5.91 Å². The van der Waals surface area contributed by atoms with E-state index in [0.29, 0.717) is 21.8 Å². The highest BCUT2D eigenvalue weighted by atomic mass is 35.5. The normalized spacial score (nSPS) is 18.6. The molecule has 1 aromatic heterocycles. The molecule has 0 spiro atoms. The van der Waals surface area contributed by atoms with Crippen LogP contribution in [0.2, 0.25) is 5.02 Å². The van der Waals surface area contributed by atoms with E-state index in [4.69, 9.17) is 11.6 Å². The number of benzene rings is 1. The first-order valence-electron chi connectivity index (χ1n) is 7.47. The average Bonchev–Trinajstić information content (AvgIpc) is 2.50. The van der Waals surface area contributed by atoms with Crippen molar-refractivity contribution in [1.29, 1.82) is 0 Å². The Kier molecular flexibility index (Phi) is 4.16. The van der Waals surface area contributed by atoms with Crippen LogP contribution in [0.3, 0.4) is 0 Å². The zero-order valence-electron chi connectivity index (χ0n) is 12.5. The van der Waals surface area contributed by atoms with E-state index in [1.165, 1.54) is 10.9 Å². The Morgan fingerprint density at radius 2 is 2.27 bits per heavy atom. The largest absolute Gasteiger partial charge is 0.341 e. The molecular weight excluding hydrogens is 302 g/mol. The molecule has 1 aliphatic heterocycles. The van der Waals surface area contributed by atoms with Crippen molar-refractivity contribution < 1.29 is 4.79 Å². The monoisotopic (exact) mass is 319 g/mol. The summed E-state index contributed by atoms with van der Waals surface area (Å²) in [6.45, 7) is 3.71. The maximum absolute atomic E-state index is 12.5. The molecule has 1 aromatic carbocycles. The van der Waals surface area contributed by atoms with Crippen molar-refractivity contribution in [3.05, 3.63) is 39.9 Å². The van der Waals surface area contributed by atoms with Crippen molar-refractivity contribution in [1.82, 2.24) is 14.5 Å². The Balaban J connectivity index is 1.86. The minimum absolute atomic E-state index is 0.0288. The lowest BCUT2D eigenvalue weighted by atomic mass is 10.0. The molecule has 1 fully saturated rings. The van der Waals surface area contributed by atoms with Crippen molar-refractivity contribution in [3.8, 4) is 0 Å². The Hall–Kier alpha value is -1.88. The predicted octanol–water partition coefficient (Wildman–Crippen LogP) is 2.31. The first kappa shape index (κ1) is 15.0. The lowest BCUT2D eigenvalue weighted by Crippen LogP contribution is -2.42. The molecule has 1 aliphatic rings. The minimum atomic E-state index is -0.231. The Morgan fingerprint density at radius 3 is 3.05 bits per heavy atom. The lowest BCUT2D eigenvalue weighted by Gasteiger charge is -2.31. The van der Waals surface area contributed by atoms with Crippen LogP contribution in [0.5, 0.6) is 0 Å². The molecule has 6 heteroatoms. The third kappa shape index (κ3) is 2.99. The number of nitrogens with zero attached hydrogens (tertiary/aromatic N) is 3. The second kappa shape index (κ2) is 6.08. The highest BCUT2D eigenvalue weighted by molar-refractivity contribution is 6.31. The Bertz CT molecular complexity index is 772. The summed E-state index contributed by atoms with van der Waals surface area (Å²) in [6.07, 6.45) is 3.61. The summed E-state index contributed by atoms with van der Waals surface area (Å²) in [5.41, 5.74) is 0.357. The Morgan fingerprint density at radius 1 is 1.45 bits per heavy atom. The summed E-state index contributed by atoms with van der Waals surface area (Å²) >= 11 is 5.94. The number of rotatable bonds is 2. The fourth-order valence-electron chi connectivity index (χ4n) is 2.91. The van der Waals surface area contributed by atoms with Crippen LogP contribution < -0.4 is 5.56 Å². The van der Waals surface area contributed by atoms with Crippen LogP contribution in [0.1, 0.15) is 19.8 Å². The molecule has 1 atom stereocenters. The summed E-state index contributed by atoms with van der Waals surface area (Å²) in [4.78, 5) is 30.9. The molecule has 0 unspecified atom stereocenters. The van der Waals surface area contributed by atoms with Gasteiger partial charge >= 0.3 is 0 Å². The maximum atomic E-state index is 12.5. The number of carbonyl (C=O) groups is 1. The first-order valence-corrected chi connectivity index (χ1v) is 7.85. The van der Waals surface area contributed by atoms with Gasteiger partial charge in [0.15, 0.2) is 0 Å². The fraction of sp³-hybridized carbons (Fsp3) is 0.438. The van der Waals surface area contributed by atoms with E-state index < -0.39 is 0 Å². The molecule has 2 heterocycles. The molecule has 3 rings (SSSR count). The number of fused-ring (bicyclic) bond motifs is 1. The molecule has 1 amide bonds. The summed E-state index contributed by atoms with van der Waals surface area (Å²) in [6, 6.07) is 4.99. The minimum Gasteiger partial charge on any atom is -0.341 e. The molecule has 0 bridgehead atoms. The van der Waals surface area contributed by atoms with Crippen molar-refractivity contribution in [2.45, 2.75) is 26.3 Å². The van der Waals surface area contributed by atoms with E-state index in [-0.39, 0.29) is 18.0 Å². The van der Waals surface area contributed by atoms with E-state index in [0.717, 1.165) is 25.9 Å². The highest BCUT2D eigenvalue weighted by Gasteiger charge is 2.21. The van der Waals surface area contributed by atoms with Gasteiger partial charge in [0.1, 0.15) is 6.54 Å². The van der Waals surface area contributed by atoms with Gasteiger partial charge in [-0.1, -0.05) is 18.5 Å². The number of halogens is 1. The van der Waals surface area contributed by atoms with E-state index in [2.05, 4.69) is 11.9 Å². The maximum Gasteiger partial charge on any atom is 0.261 e. The van der Waals surface area contributed by atoms with Crippen molar-refractivity contribution in [2.24, 2.45) is 5.92 Å². The van der Waals surface area contributed by atoms with Crippen LogP contribution >= 0.6 is 11.6 Å². The number of hydrogen-bond acceptors (Lipinski definition) is 3. The number of aromatic nitrogens is 2. The molecule has 116 valence electrons. The second-order valence-corrected chi connectivity index (χ2v) is 6.36. The number of piperidine rings is 1. The average molecular weight is 320 g/mol. The van der Waals surface area contributed by atoms with Crippen LogP contribution in [-0.2, 0) is 11.3 Å². The molecule has 1 saturated heterocycles. The van der Waals surface area contributed by atoms with Gasteiger partial charge < -0.3 is 4.90 Å².